The maximum absolute atomic E-state index is 5.36. The van der Waals surface area contributed by atoms with Crippen molar-refractivity contribution < 1.29 is 0 Å². The number of amidine groups is 1. The van der Waals surface area contributed by atoms with Crippen molar-refractivity contribution in [2.24, 2.45) is 4.99 Å². The number of hydrogen-bond donors (Lipinski definition) is 1. The molecule has 4 nitrogen and oxygen atoms in total. The zero-order valence-electron chi connectivity index (χ0n) is 33.2. The molecule has 0 spiro atoms. The molecule has 2 aliphatic rings. The third-order valence-electron chi connectivity index (χ3n) is 12.6. The molecule has 0 radical (unpaired) electrons. The molecule has 59 heavy (non-hydrogen) atoms. The summed E-state index contributed by atoms with van der Waals surface area (Å²) >= 11 is 0. The Bertz CT molecular complexity index is 3410. The van der Waals surface area contributed by atoms with Crippen LogP contribution in [0.2, 0.25) is 0 Å². The van der Waals surface area contributed by atoms with Gasteiger partial charge in [-0.2, -0.15) is 0 Å². The van der Waals surface area contributed by atoms with Crippen LogP contribution in [0.3, 0.4) is 0 Å². The van der Waals surface area contributed by atoms with Crippen molar-refractivity contribution in [2.45, 2.75) is 26.8 Å². The van der Waals surface area contributed by atoms with Gasteiger partial charge in [0.15, 0.2) is 0 Å². The molecule has 8 aromatic carbocycles. The molecular weight excluding hydrogens is 717 g/mol. The number of fused-ring (bicyclic) bond motifs is 12. The zero-order chi connectivity index (χ0) is 39.4. The largest absolute Gasteiger partial charge is 0.359 e. The molecule has 10 aromatic rings. The lowest BCUT2D eigenvalue weighted by Crippen LogP contribution is -2.31. The highest BCUT2D eigenvalue weighted by Crippen LogP contribution is 2.53. The van der Waals surface area contributed by atoms with Gasteiger partial charge in [0, 0.05) is 43.8 Å². The number of benzene rings is 8. The monoisotopic (exact) mass is 756 g/mol. The van der Waals surface area contributed by atoms with Gasteiger partial charge < -0.3 is 14.5 Å². The average molecular weight is 757 g/mol. The summed E-state index contributed by atoms with van der Waals surface area (Å²) in [5.74, 6) is 0.871. The summed E-state index contributed by atoms with van der Waals surface area (Å²) in [5.41, 5.74) is 20.3. The van der Waals surface area contributed by atoms with Crippen molar-refractivity contribution in [2.75, 3.05) is 0 Å². The molecule has 0 saturated carbocycles. The van der Waals surface area contributed by atoms with E-state index in [-0.39, 0.29) is 6.04 Å². The molecule has 2 aliphatic heterocycles. The topological polar surface area (TPSA) is 34.2 Å². The Morgan fingerprint density at radius 1 is 0.458 bits per heavy atom. The van der Waals surface area contributed by atoms with Gasteiger partial charge in [0.05, 0.1) is 45.2 Å². The average Bonchev–Trinajstić information content (AvgIpc) is 3.73. The highest BCUT2D eigenvalue weighted by Gasteiger charge is 2.31. The Labute approximate surface area is 343 Å². The van der Waals surface area contributed by atoms with Crippen LogP contribution in [0.25, 0.3) is 82.9 Å². The molecule has 1 N–H and O–H groups in total. The van der Waals surface area contributed by atoms with Crippen LogP contribution in [0.5, 0.6) is 0 Å². The highest BCUT2D eigenvalue weighted by molar-refractivity contribution is 6.27. The standard InChI is InChI=1S/C55H40N4/c1-33-16-14-17-34(2)51(33)58-48-26-12-10-23-39(48)44-31-45-40-24-11-13-27-49(40)59-52-35(3)18-15-25-42(52)43-30-38(28-29-41(43)50(53(44)58)54(45)59)47-32-46(36-19-6-4-7-20-36)56-55(57-47)37-21-8-5-9-22-37/h4-32,46H,1-3H3,(H,56,57). The molecule has 1 unspecified atom stereocenters. The molecule has 4 heterocycles. The quantitative estimate of drug-likeness (QED) is 0.191. The minimum absolute atomic E-state index is 0.0409. The van der Waals surface area contributed by atoms with E-state index < -0.39 is 0 Å². The Morgan fingerprint density at radius 3 is 1.71 bits per heavy atom. The summed E-state index contributed by atoms with van der Waals surface area (Å²) in [6, 6.07) is 62.0. The first-order valence-corrected chi connectivity index (χ1v) is 20.5. The highest BCUT2D eigenvalue weighted by atomic mass is 15.1. The second-order valence-corrected chi connectivity index (χ2v) is 16.1. The lowest BCUT2D eigenvalue weighted by Gasteiger charge is -2.25. The van der Waals surface area contributed by atoms with Crippen molar-refractivity contribution in [1.82, 2.24) is 14.5 Å². The third kappa shape index (κ3) is 4.93. The van der Waals surface area contributed by atoms with Gasteiger partial charge in [-0.15, -0.1) is 0 Å². The number of rotatable bonds is 4. The maximum atomic E-state index is 5.36. The lowest BCUT2D eigenvalue weighted by atomic mass is 9.89. The van der Waals surface area contributed by atoms with Crippen LogP contribution >= 0.6 is 0 Å². The van der Waals surface area contributed by atoms with Crippen LogP contribution < -0.4 is 5.32 Å². The van der Waals surface area contributed by atoms with Crippen LogP contribution in [0.15, 0.2) is 181 Å². The summed E-state index contributed by atoms with van der Waals surface area (Å²) in [4.78, 5) is 5.36. The van der Waals surface area contributed by atoms with E-state index >= 15 is 0 Å². The fourth-order valence-corrected chi connectivity index (χ4v) is 10.0. The van der Waals surface area contributed by atoms with Crippen LogP contribution in [-0.2, 0) is 0 Å². The summed E-state index contributed by atoms with van der Waals surface area (Å²) in [5, 5.41) is 8.79. The van der Waals surface area contributed by atoms with E-state index in [1.54, 1.807) is 0 Å². The molecule has 0 amide bonds. The summed E-state index contributed by atoms with van der Waals surface area (Å²) in [7, 11) is 0. The van der Waals surface area contributed by atoms with Crippen LogP contribution in [0.1, 0.15) is 39.4 Å². The van der Waals surface area contributed by atoms with Crippen molar-refractivity contribution in [3.63, 3.8) is 0 Å². The second kappa shape index (κ2) is 12.8. The smallest absolute Gasteiger partial charge is 0.134 e. The Morgan fingerprint density at radius 2 is 1.03 bits per heavy atom. The molecular formula is C55H40N4. The van der Waals surface area contributed by atoms with Crippen molar-refractivity contribution >= 4 is 55.1 Å². The normalized spacial score (nSPS) is 14.5. The van der Waals surface area contributed by atoms with E-state index in [9.17, 15) is 0 Å². The van der Waals surface area contributed by atoms with Gasteiger partial charge in [0.25, 0.3) is 0 Å². The second-order valence-electron chi connectivity index (χ2n) is 16.1. The fourth-order valence-electron chi connectivity index (χ4n) is 10.0. The summed E-state index contributed by atoms with van der Waals surface area (Å²) < 4.78 is 5.13. The lowest BCUT2D eigenvalue weighted by molar-refractivity contribution is 0.781. The molecule has 0 aliphatic carbocycles. The van der Waals surface area contributed by atoms with E-state index in [0.717, 1.165) is 22.7 Å². The minimum atomic E-state index is -0.0409. The van der Waals surface area contributed by atoms with Crippen molar-refractivity contribution in [1.29, 1.82) is 0 Å². The number of nitrogens with zero attached hydrogens (tertiary/aromatic N) is 3. The molecule has 0 bridgehead atoms. The number of aromatic nitrogens is 2. The van der Waals surface area contributed by atoms with Gasteiger partial charge in [-0.1, -0.05) is 146 Å². The van der Waals surface area contributed by atoms with Crippen LogP contribution in [0, 0.1) is 20.8 Å². The number of aliphatic imine (C=N–C) groups is 1. The van der Waals surface area contributed by atoms with Gasteiger partial charge in [0.2, 0.25) is 0 Å². The Hall–Kier alpha value is -7.43. The van der Waals surface area contributed by atoms with Gasteiger partial charge in [0.1, 0.15) is 5.84 Å². The predicted octanol–water partition coefficient (Wildman–Crippen LogP) is 13.6. The molecule has 4 heteroatoms. The van der Waals surface area contributed by atoms with Gasteiger partial charge in [-0.3, -0.25) is 0 Å². The van der Waals surface area contributed by atoms with E-state index in [0.29, 0.717) is 0 Å². The van der Waals surface area contributed by atoms with Gasteiger partial charge in [-0.25, -0.2) is 4.99 Å². The molecule has 1 atom stereocenters. The number of aryl methyl sites for hydroxylation is 3. The number of hydrogen-bond acceptors (Lipinski definition) is 2. The molecule has 12 rings (SSSR count). The van der Waals surface area contributed by atoms with Gasteiger partial charge >= 0.3 is 0 Å². The van der Waals surface area contributed by atoms with E-state index in [1.165, 1.54) is 99.5 Å². The first-order valence-electron chi connectivity index (χ1n) is 20.5. The van der Waals surface area contributed by atoms with Crippen molar-refractivity contribution in [3.05, 3.63) is 209 Å². The maximum Gasteiger partial charge on any atom is 0.134 e. The third-order valence-corrected chi connectivity index (χ3v) is 12.6. The van der Waals surface area contributed by atoms with E-state index in [2.05, 4.69) is 211 Å². The van der Waals surface area contributed by atoms with Crippen LogP contribution in [-0.4, -0.2) is 15.0 Å². The number of nitrogens with one attached hydrogen (secondary N) is 1. The first-order chi connectivity index (χ1) is 29.0. The molecule has 0 fully saturated rings. The summed E-state index contributed by atoms with van der Waals surface area (Å²) in [6.45, 7) is 6.75. The minimum Gasteiger partial charge on any atom is -0.359 e. The molecule has 0 saturated heterocycles. The van der Waals surface area contributed by atoms with E-state index in [1.807, 2.05) is 0 Å². The summed E-state index contributed by atoms with van der Waals surface area (Å²) in [6.07, 6.45) is 2.28. The van der Waals surface area contributed by atoms with E-state index in [4.69, 9.17) is 4.99 Å². The SMILES string of the molecule is Cc1cccc(C)c1-n1c2ccccc2c2cc3c4ccccc4n4c3c(c21)-c1ccc(C2=CC(c3ccccc3)NC(c3ccccc3)=N2)cc1-c1cccc(C)c1-4. The Balaban J connectivity index is 1.23. The van der Waals surface area contributed by atoms with Gasteiger partial charge in [-0.05, 0) is 84.5 Å². The molecule has 2 aromatic heterocycles. The molecule has 280 valence electrons. The predicted molar refractivity (Wildman–Crippen MR) is 247 cm³/mol. The first kappa shape index (κ1) is 33.7. The fraction of sp³-hybridized carbons (Fsp3) is 0.0727. The Kier molecular flexibility index (Phi) is 7.30. The van der Waals surface area contributed by atoms with Crippen molar-refractivity contribution in [3.8, 4) is 33.6 Å². The zero-order valence-corrected chi connectivity index (χ0v) is 33.2. The van der Waals surface area contributed by atoms with Crippen LogP contribution in [0.4, 0.5) is 0 Å². The number of para-hydroxylation sites is 4.